The number of benzene rings is 7. The number of aromatic nitrogens is 14. The van der Waals surface area contributed by atoms with Crippen LogP contribution in [0.1, 0.15) is 57.7 Å². The van der Waals surface area contributed by atoms with Gasteiger partial charge in [0, 0.05) is 60.6 Å². The Labute approximate surface area is 473 Å². The van der Waals surface area contributed by atoms with Crippen molar-refractivity contribution >= 4 is 49.3 Å². The Morgan fingerprint density at radius 1 is 0.361 bits per heavy atom. The molecule has 7 aromatic carbocycles. The van der Waals surface area contributed by atoms with Crippen molar-refractivity contribution in [2.75, 3.05) is 0 Å². The van der Waals surface area contributed by atoms with Crippen LogP contribution in [-0.4, -0.2) is 68.9 Å². The van der Waals surface area contributed by atoms with E-state index in [0.29, 0.717) is 109 Å². The standard InChI is InChI=1S/C65H48F3N15/c1-32-25-45(27-46(26-32)65(66,67)68)47-13-11-15-57(82-53-21-17-41(61-74-33(2)70-34(3)75-61)28-48(53)49-29-42(18-22-54(49)82)62-76-35(4)71-36(5)77-62)59(47)60-52(69-10)14-12-16-58(60)83-55-23-19-43(63-78-37(6)72-38(7)79-63)30-50(55)51-31-44(20-24-56(51)83)64-80-39(8)73-40(9)81-64/h11-31H,1-9H3. The number of nitrogens with zero attached hydrogens (tertiary/aromatic N) is 15. The first-order chi connectivity index (χ1) is 39.8. The second kappa shape index (κ2) is 19.6. The maximum Gasteiger partial charge on any atom is 0.416 e. The first-order valence-electron chi connectivity index (χ1n) is 26.6. The van der Waals surface area contributed by atoms with Crippen LogP contribution in [0, 0.1) is 68.9 Å². The van der Waals surface area contributed by atoms with Crippen LogP contribution in [0.2, 0.25) is 0 Å². The van der Waals surface area contributed by atoms with Crippen LogP contribution in [0.4, 0.5) is 18.9 Å². The van der Waals surface area contributed by atoms with Gasteiger partial charge in [0.15, 0.2) is 29.0 Å². The highest BCUT2D eigenvalue weighted by molar-refractivity contribution is 6.15. The maximum absolute atomic E-state index is 15.1. The van der Waals surface area contributed by atoms with Gasteiger partial charge in [0.25, 0.3) is 0 Å². The zero-order valence-electron chi connectivity index (χ0n) is 46.5. The summed E-state index contributed by atoms with van der Waals surface area (Å²) in [5.41, 5.74) is 8.92. The maximum atomic E-state index is 15.1. The zero-order valence-corrected chi connectivity index (χ0v) is 46.5. The van der Waals surface area contributed by atoms with Gasteiger partial charge in [-0.2, -0.15) is 13.2 Å². The van der Waals surface area contributed by atoms with Gasteiger partial charge in [0.05, 0.1) is 39.9 Å². The van der Waals surface area contributed by atoms with Gasteiger partial charge < -0.3 is 9.13 Å². The topological polar surface area (TPSA) is 169 Å². The van der Waals surface area contributed by atoms with E-state index in [1.807, 2.05) is 146 Å². The molecule has 0 N–H and O–H groups in total. The highest BCUT2D eigenvalue weighted by atomic mass is 19.4. The Bertz CT molecular complexity index is 4640. The third-order valence-electron chi connectivity index (χ3n) is 14.6. The average Bonchev–Trinajstić information content (AvgIpc) is 2.49. The van der Waals surface area contributed by atoms with Crippen molar-refractivity contribution in [3.63, 3.8) is 0 Å². The van der Waals surface area contributed by atoms with E-state index in [-0.39, 0.29) is 5.69 Å². The molecule has 13 rings (SSSR count). The normalized spacial score (nSPS) is 11.8. The minimum absolute atomic E-state index is 0.266. The minimum atomic E-state index is -4.66. The molecule has 0 aliphatic rings. The SMILES string of the molecule is [C-]#[N+]c1cccc(-n2c3ccc(-c4nc(C)nc(C)n4)cc3c3cc(-c4nc(C)nc(C)n4)ccc32)c1-c1c(-c2cc(C)cc(C(F)(F)F)c2)cccc1-n1c2ccc(-c3nc(C)nc(C)n3)cc2c2cc(-c3nc(C)nc(C)n3)ccc21. The van der Waals surface area contributed by atoms with Crippen molar-refractivity contribution < 1.29 is 13.2 Å². The van der Waals surface area contributed by atoms with E-state index in [4.69, 9.17) is 46.4 Å². The molecule has 6 heterocycles. The summed E-state index contributed by atoms with van der Waals surface area (Å²) in [5, 5.41) is 3.31. The molecule has 0 amide bonds. The quantitative estimate of drug-likeness (QED) is 0.132. The molecule has 0 spiro atoms. The largest absolute Gasteiger partial charge is 0.416 e. The molecule has 0 fully saturated rings. The second-order valence-corrected chi connectivity index (χ2v) is 20.7. The fraction of sp³-hybridized carbons (Fsp3) is 0.154. The van der Waals surface area contributed by atoms with Gasteiger partial charge >= 0.3 is 6.18 Å². The van der Waals surface area contributed by atoms with Crippen LogP contribution in [0.15, 0.2) is 127 Å². The summed E-state index contributed by atoms with van der Waals surface area (Å²) in [7, 11) is 0. The number of alkyl halides is 3. The second-order valence-electron chi connectivity index (χ2n) is 20.7. The number of halogens is 3. The van der Waals surface area contributed by atoms with Gasteiger partial charge in [-0.1, -0.05) is 30.3 Å². The van der Waals surface area contributed by atoms with Crippen molar-refractivity contribution in [1.82, 2.24) is 68.9 Å². The average molecular weight is 1100 g/mol. The molecule has 13 aromatic rings. The molecule has 0 aliphatic heterocycles. The molecular formula is C65H48F3N15. The van der Waals surface area contributed by atoms with Crippen molar-refractivity contribution in [3.8, 4) is 79.2 Å². The van der Waals surface area contributed by atoms with Crippen LogP contribution < -0.4 is 0 Å². The van der Waals surface area contributed by atoms with Gasteiger partial charge in [0.2, 0.25) is 0 Å². The summed E-state index contributed by atoms with van der Waals surface area (Å²) in [6, 6.07) is 39.4. The number of hydrogen-bond acceptors (Lipinski definition) is 12. The number of rotatable bonds is 8. The molecule has 0 unspecified atom stereocenters. The molecule has 83 heavy (non-hydrogen) atoms. The fourth-order valence-corrected chi connectivity index (χ4v) is 11.5. The summed E-state index contributed by atoms with van der Waals surface area (Å²) in [5.74, 6) is 6.61. The van der Waals surface area contributed by atoms with E-state index >= 15 is 13.2 Å². The Kier molecular flexibility index (Phi) is 12.3. The molecule has 0 saturated carbocycles. The van der Waals surface area contributed by atoms with E-state index in [1.165, 1.54) is 6.07 Å². The van der Waals surface area contributed by atoms with E-state index in [9.17, 15) is 0 Å². The zero-order chi connectivity index (χ0) is 57.7. The third-order valence-corrected chi connectivity index (χ3v) is 14.6. The van der Waals surface area contributed by atoms with E-state index in [1.54, 1.807) is 19.1 Å². The summed E-state index contributed by atoms with van der Waals surface area (Å²) in [4.78, 5) is 59.9. The van der Waals surface area contributed by atoms with Crippen LogP contribution in [-0.2, 0) is 6.18 Å². The predicted molar refractivity (Wildman–Crippen MR) is 315 cm³/mol. The van der Waals surface area contributed by atoms with Crippen molar-refractivity contribution in [2.24, 2.45) is 0 Å². The number of fused-ring (bicyclic) bond motifs is 6. The van der Waals surface area contributed by atoms with Gasteiger partial charge in [-0.3, -0.25) is 0 Å². The lowest BCUT2D eigenvalue weighted by atomic mass is 9.89. The lowest BCUT2D eigenvalue weighted by molar-refractivity contribution is -0.137. The molecule has 0 radical (unpaired) electrons. The van der Waals surface area contributed by atoms with Crippen molar-refractivity contribution in [3.05, 3.63) is 197 Å². The summed E-state index contributed by atoms with van der Waals surface area (Å²) in [6.07, 6.45) is -4.66. The van der Waals surface area contributed by atoms with Crippen LogP contribution >= 0.6 is 0 Å². The Balaban J connectivity index is 1.16. The van der Waals surface area contributed by atoms with Crippen LogP contribution in [0.5, 0.6) is 0 Å². The van der Waals surface area contributed by atoms with Gasteiger partial charge in [-0.15, -0.1) is 0 Å². The van der Waals surface area contributed by atoms with Gasteiger partial charge in [0.1, 0.15) is 46.6 Å². The highest BCUT2D eigenvalue weighted by Crippen LogP contribution is 2.50. The lowest BCUT2D eigenvalue weighted by Crippen LogP contribution is -2.06. The highest BCUT2D eigenvalue weighted by Gasteiger charge is 2.32. The molecule has 0 saturated heterocycles. The molecule has 0 bridgehead atoms. The van der Waals surface area contributed by atoms with Gasteiger partial charge in [-0.05, 0) is 176 Å². The molecule has 0 aliphatic carbocycles. The third kappa shape index (κ3) is 9.21. The predicted octanol–water partition coefficient (Wildman–Crippen LogP) is 15.0. The minimum Gasteiger partial charge on any atom is -0.310 e. The van der Waals surface area contributed by atoms with Crippen LogP contribution in [0.25, 0.3) is 128 Å². The number of aryl methyl sites for hydroxylation is 9. The van der Waals surface area contributed by atoms with Crippen LogP contribution in [0.3, 0.4) is 0 Å². The summed E-state index contributed by atoms with van der Waals surface area (Å²) >= 11 is 0. The monoisotopic (exact) mass is 1100 g/mol. The van der Waals surface area contributed by atoms with Gasteiger partial charge in [-0.25, -0.2) is 64.7 Å². The van der Waals surface area contributed by atoms with E-state index in [0.717, 1.165) is 71.9 Å². The Morgan fingerprint density at radius 2 is 0.699 bits per heavy atom. The molecule has 0 atom stereocenters. The first-order valence-corrected chi connectivity index (χ1v) is 26.6. The molecule has 6 aromatic heterocycles. The first kappa shape index (κ1) is 51.9. The number of hydrogen-bond donors (Lipinski definition) is 0. The molecular weight excluding hydrogens is 1050 g/mol. The Hall–Kier alpha value is -10.5. The lowest BCUT2D eigenvalue weighted by Gasteiger charge is -2.23. The summed E-state index contributed by atoms with van der Waals surface area (Å²) in [6.45, 7) is 25.3. The molecule has 404 valence electrons. The molecule has 15 nitrogen and oxygen atoms in total. The Morgan fingerprint density at radius 3 is 1.04 bits per heavy atom. The van der Waals surface area contributed by atoms with Crippen molar-refractivity contribution in [1.29, 1.82) is 0 Å². The smallest absolute Gasteiger partial charge is 0.310 e. The fourth-order valence-electron chi connectivity index (χ4n) is 11.5. The van der Waals surface area contributed by atoms with E-state index < -0.39 is 11.7 Å². The van der Waals surface area contributed by atoms with E-state index in [2.05, 4.69) is 46.0 Å². The molecule has 18 heteroatoms. The summed E-state index contributed by atoms with van der Waals surface area (Å²) < 4.78 is 49.4. The van der Waals surface area contributed by atoms with Crippen molar-refractivity contribution in [2.45, 2.75) is 68.5 Å².